The van der Waals surface area contributed by atoms with Gasteiger partial charge in [0, 0.05) is 6.07 Å². The van der Waals surface area contributed by atoms with E-state index < -0.39 is 12.1 Å². The molecule has 0 saturated carbocycles. The van der Waals surface area contributed by atoms with E-state index in [4.69, 9.17) is 4.74 Å². The van der Waals surface area contributed by atoms with Crippen molar-refractivity contribution in [3.8, 4) is 17.2 Å². The summed E-state index contributed by atoms with van der Waals surface area (Å²) < 4.78 is 45.6. The van der Waals surface area contributed by atoms with Crippen LogP contribution in [0.15, 0.2) is 48.5 Å². The zero-order valence-corrected chi connectivity index (χ0v) is 10.1. The third-order valence-corrected chi connectivity index (χ3v) is 2.32. The summed E-state index contributed by atoms with van der Waals surface area (Å²) in [7, 11) is 0. The zero-order chi connectivity index (χ0) is 14.6. The van der Waals surface area contributed by atoms with E-state index in [9.17, 15) is 18.0 Å². The minimum absolute atomic E-state index is 0.00653. The molecule has 0 N–H and O–H groups in total. The Morgan fingerprint density at radius 1 is 0.950 bits per heavy atom. The number of para-hydroxylation sites is 1. The molecule has 0 heterocycles. The van der Waals surface area contributed by atoms with E-state index in [1.165, 1.54) is 6.07 Å². The van der Waals surface area contributed by atoms with Crippen molar-refractivity contribution in [3.05, 3.63) is 54.1 Å². The van der Waals surface area contributed by atoms with Gasteiger partial charge in [-0.3, -0.25) is 4.79 Å². The smallest absolute Gasteiger partial charge is 0.456 e. The highest BCUT2D eigenvalue weighted by Crippen LogP contribution is 2.31. The van der Waals surface area contributed by atoms with Crippen molar-refractivity contribution in [2.75, 3.05) is 0 Å². The highest BCUT2D eigenvalue weighted by Gasteiger charge is 2.31. The number of ether oxygens (including phenoxy) is 2. The van der Waals surface area contributed by atoms with Gasteiger partial charge in [-0.1, -0.05) is 18.2 Å². The van der Waals surface area contributed by atoms with Gasteiger partial charge in [0.05, 0.1) is 5.56 Å². The van der Waals surface area contributed by atoms with Crippen molar-refractivity contribution >= 4 is 6.29 Å². The Bertz CT molecular complexity index is 594. The number of benzene rings is 2. The summed E-state index contributed by atoms with van der Waals surface area (Å²) in [6, 6.07) is 11.7. The second kappa shape index (κ2) is 5.64. The summed E-state index contributed by atoms with van der Waals surface area (Å²) in [5.74, 6) is -0.0539. The molecule has 0 aromatic heterocycles. The molecule has 0 spiro atoms. The number of hydrogen-bond acceptors (Lipinski definition) is 3. The summed E-state index contributed by atoms with van der Waals surface area (Å²) in [6.07, 6.45) is -4.30. The SMILES string of the molecule is O=Cc1ccc(OC(F)(F)F)cc1Oc1ccccc1. The summed E-state index contributed by atoms with van der Waals surface area (Å²) in [5.41, 5.74) is 0.128. The van der Waals surface area contributed by atoms with Gasteiger partial charge in [0.2, 0.25) is 0 Å². The van der Waals surface area contributed by atoms with E-state index in [0.717, 1.165) is 12.1 Å². The predicted octanol–water partition coefficient (Wildman–Crippen LogP) is 4.19. The quantitative estimate of drug-likeness (QED) is 0.789. The largest absolute Gasteiger partial charge is 0.573 e. The van der Waals surface area contributed by atoms with Gasteiger partial charge in [0.15, 0.2) is 6.29 Å². The lowest BCUT2D eigenvalue weighted by atomic mass is 10.2. The van der Waals surface area contributed by atoms with E-state index in [2.05, 4.69) is 4.74 Å². The van der Waals surface area contributed by atoms with Crippen molar-refractivity contribution in [2.45, 2.75) is 6.36 Å². The van der Waals surface area contributed by atoms with Gasteiger partial charge in [0.1, 0.15) is 17.2 Å². The first-order valence-corrected chi connectivity index (χ1v) is 5.56. The monoisotopic (exact) mass is 282 g/mol. The zero-order valence-electron chi connectivity index (χ0n) is 10.1. The van der Waals surface area contributed by atoms with Crippen LogP contribution in [-0.2, 0) is 0 Å². The number of aldehydes is 1. The number of alkyl halides is 3. The Labute approximate surface area is 112 Å². The summed E-state index contributed by atoms with van der Waals surface area (Å²) in [6.45, 7) is 0. The van der Waals surface area contributed by atoms with Gasteiger partial charge in [-0.05, 0) is 24.3 Å². The topological polar surface area (TPSA) is 35.5 Å². The first-order valence-electron chi connectivity index (χ1n) is 5.56. The molecule has 20 heavy (non-hydrogen) atoms. The molecule has 2 aromatic rings. The molecule has 0 aliphatic carbocycles. The Morgan fingerprint density at radius 3 is 2.25 bits per heavy atom. The standard InChI is InChI=1S/C14H9F3O3/c15-14(16,17)20-12-7-6-10(9-18)13(8-12)19-11-4-2-1-3-5-11/h1-9H. The number of carbonyl (C=O) groups excluding carboxylic acids is 1. The molecule has 0 aliphatic rings. The normalized spacial score (nSPS) is 10.9. The fraction of sp³-hybridized carbons (Fsp3) is 0.0714. The van der Waals surface area contributed by atoms with E-state index in [-0.39, 0.29) is 11.3 Å². The van der Waals surface area contributed by atoms with Crippen LogP contribution < -0.4 is 9.47 Å². The molecule has 6 heteroatoms. The Hall–Kier alpha value is -2.50. The van der Waals surface area contributed by atoms with Crippen LogP contribution in [0.3, 0.4) is 0 Å². The molecule has 0 radical (unpaired) electrons. The number of carbonyl (C=O) groups is 1. The van der Waals surface area contributed by atoms with Gasteiger partial charge in [-0.15, -0.1) is 13.2 Å². The summed E-state index contributed by atoms with van der Waals surface area (Å²) in [4.78, 5) is 10.9. The maximum Gasteiger partial charge on any atom is 0.573 e. The highest BCUT2D eigenvalue weighted by atomic mass is 19.4. The van der Waals surface area contributed by atoms with Gasteiger partial charge in [0.25, 0.3) is 0 Å². The second-order valence-corrected chi connectivity index (χ2v) is 3.78. The van der Waals surface area contributed by atoms with E-state index >= 15 is 0 Å². The van der Waals surface area contributed by atoms with Gasteiger partial charge < -0.3 is 9.47 Å². The van der Waals surface area contributed by atoms with Crippen LogP contribution >= 0.6 is 0 Å². The molecule has 3 nitrogen and oxygen atoms in total. The molecule has 104 valence electrons. The maximum absolute atomic E-state index is 12.1. The van der Waals surface area contributed by atoms with Crippen LogP contribution in [-0.4, -0.2) is 12.6 Å². The van der Waals surface area contributed by atoms with Crippen LogP contribution in [0.25, 0.3) is 0 Å². The lowest BCUT2D eigenvalue weighted by Gasteiger charge is -2.12. The van der Waals surface area contributed by atoms with E-state index in [1.807, 2.05) is 0 Å². The van der Waals surface area contributed by atoms with Crippen molar-refractivity contribution in [1.82, 2.24) is 0 Å². The molecule has 0 unspecified atom stereocenters. The minimum Gasteiger partial charge on any atom is -0.456 e. The van der Waals surface area contributed by atoms with Gasteiger partial charge in [-0.2, -0.15) is 0 Å². The molecular formula is C14H9F3O3. The molecule has 2 rings (SSSR count). The van der Waals surface area contributed by atoms with Crippen LogP contribution in [0.5, 0.6) is 17.2 Å². The van der Waals surface area contributed by atoms with Crippen molar-refractivity contribution in [1.29, 1.82) is 0 Å². The molecule has 2 aromatic carbocycles. The molecule has 0 aliphatic heterocycles. The van der Waals surface area contributed by atoms with Crippen LogP contribution in [0.2, 0.25) is 0 Å². The van der Waals surface area contributed by atoms with Gasteiger partial charge >= 0.3 is 6.36 Å². The van der Waals surface area contributed by atoms with Crippen LogP contribution in [0.4, 0.5) is 13.2 Å². The Balaban J connectivity index is 2.30. The lowest BCUT2D eigenvalue weighted by Crippen LogP contribution is -2.17. The molecule has 0 amide bonds. The first-order chi connectivity index (χ1) is 9.48. The minimum atomic E-state index is -4.80. The summed E-state index contributed by atoms with van der Waals surface area (Å²) >= 11 is 0. The second-order valence-electron chi connectivity index (χ2n) is 3.78. The van der Waals surface area contributed by atoms with Crippen molar-refractivity contribution < 1.29 is 27.4 Å². The van der Waals surface area contributed by atoms with E-state index in [1.54, 1.807) is 30.3 Å². The maximum atomic E-state index is 12.1. The van der Waals surface area contributed by atoms with Gasteiger partial charge in [-0.25, -0.2) is 0 Å². The molecular weight excluding hydrogens is 273 g/mol. The predicted molar refractivity (Wildman–Crippen MR) is 65.0 cm³/mol. The molecule has 0 fully saturated rings. The highest BCUT2D eigenvalue weighted by molar-refractivity contribution is 5.80. The number of hydrogen-bond donors (Lipinski definition) is 0. The molecule has 0 saturated heterocycles. The fourth-order valence-electron chi connectivity index (χ4n) is 1.51. The van der Waals surface area contributed by atoms with Crippen molar-refractivity contribution in [2.24, 2.45) is 0 Å². The molecule has 0 atom stereocenters. The van der Waals surface area contributed by atoms with Crippen molar-refractivity contribution in [3.63, 3.8) is 0 Å². The first kappa shape index (κ1) is 13.9. The fourth-order valence-corrected chi connectivity index (χ4v) is 1.51. The lowest BCUT2D eigenvalue weighted by molar-refractivity contribution is -0.274. The number of halogens is 3. The third-order valence-electron chi connectivity index (χ3n) is 2.32. The molecule has 0 bridgehead atoms. The third kappa shape index (κ3) is 3.74. The van der Waals surface area contributed by atoms with E-state index in [0.29, 0.717) is 12.0 Å². The Kier molecular flexibility index (Phi) is 3.93. The number of rotatable bonds is 4. The van der Waals surface area contributed by atoms with Crippen LogP contribution in [0.1, 0.15) is 10.4 Å². The average molecular weight is 282 g/mol. The average Bonchev–Trinajstić information content (AvgIpc) is 2.38. The van der Waals surface area contributed by atoms with Crippen LogP contribution in [0, 0.1) is 0 Å². The Morgan fingerprint density at radius 2 is 1.65 bits per heavy atom. The summed E-state index contributed by atoms with van der Waals surface area (Å²) in [5, 5.41) is 0.